The van der Waals surface area contributed by atoms with Gasteiger partial charge in [0.1, 0.15) is 23.3 Å². The van der Waals surface area contributed by atoms with E-state index in [1.165, 1.54) is 18.5 Å². The van der Waals surface area contributed by atoms with E-state index in [2.05, 4.69) is 27.5 Å². The molecule has 0 aliphatic heterocycles. The minimum atomic E-state index is -2.32. The zero-order valence-electron chi connectivity index (χ0n) is 14.0. The predicted octanol–water partition coefficient (Wildman–Crippen LogP) is 4.37. The number of benzene rings is 1. The van der Waals surface area contributed by atoms with Gasteiger partial charge in [-0.3, -0.25) is 0 Å². The Labute approximate surface area is 145 Å². The van der Waals surface area contributed by atoms with Crippen LogP contribution in [0.25, 0.3) is 11.4 Å². The second-order valence-corrected chi connectivity index (χ2v) is 10.4. The monoisotopic (exact) mass is 396 g/mol. The Morgan fingerprint density at radius 2 is 2.09 bits per heavy atom. The summed E-state index contributed by atoms with van der Waals surface area (Å²) in [6, 6.07) is 5.81. The molecule has 2 aromatic rings. The fraction of sp³-hybridized carbons (Fsp3) is 0.471. The maximum absolute atomic E-state index is 12.4. The molecule has 0 saturated heterocycles. The molecule has 0 bridgehead atoms. The van der Waals surface area contributed by atoms with Gasteiger partial charge in [-0.25, -0.2) is 4.98 Å². The minimum absolute atomic E-state index is 0.565. The molecule has 1 saturated carbocycles. The average Bonchev–Trinajstić information content (AvgIpc) is 3.25. The van der Waals surface area contributed by atoms with Gasteiger partial charge in [-0.05, 0) is 61.2 Å². The van der Waals surface area contributed by atoms with E-state index in [4.69, 9.17) is 9.72 Å². The Morgan fingerprint density at radius 1 is 1.39 bits per heavy atom. The smallest absolute Gasteiger partial charge is 0.145 e. The molecule has 0 spiro atoms. The third-order valence-corrected chi connectivity index (χ3v) is 6.29. The number of nitrogens with zero attached hydrogens (tertiary/aromatic N) is 2. The standard InChI is InChI=1S/C17H22BrN2O2P/c1-5-22-14-10-12(23(3,4)21)8-9-13(14)17-19-16(18)15(20(17)2)11-6-7-11/h8-11H,5-7H2,1-4H3. The van der Waals surface area contributed by atoms with Gasteiger partial charge in [0.25, 0.3) is 0 Å². The second kappa shape index (κ2) is 6.10. The van der Waals surface area contributed by atoms with E-state index >= 15 is 0 Å². The molecule has 4 nitrogen and oxygen atoms in total. The van der Waals surface area contributed by atoms with Gasteiger partial charge in [-0.2, -0.15) is 0 Å². The molecule has 0 amide bonds. The summed E-state index contributed by atoms with van der Waals surface area (Å²) in [5.41, 5.74) is 2.20. The molecular weight excluding hydrogens is 375 g/mol. The topological polar surface area (TPSA) is 44.1 Å². The Hall–Kier alpha value is -1.06. The highest BCUT2D eigenvalue weighted by Gasteiger charge is 2.31. The summed E-state index contributed by atoms with van der Waals surface area (Å²) in [6.07, 6.45) is 2.45. The van der Waals surface area contributed by atoms with Gasteiger partial charge in [0, 0.05) is 18.3 Å². The Kier molecular flexibility index (Phi) is 4.45. The van der Waals surface area contributed by atoms with Gasteiger partial charge in [0.05, 0.1) is 17.9 Å². The van der Waals surface area contributed by atoms with Crippen LogP contribution < -0.4 is 10.0 Å². The number of hydrogen-bond acceptors (Lipinski definition) is 3. The minimum Gasteiger partial charge on any atom is -0.493 e. The van der Waals surface area contributed by atoms with Crippen LogP contribution in [0.5, 0.6) is 5.75 Å². The lowest BCUT2D eigenvalue weighted by Crippen LogP contribution is -2.07. The largest absolute Gasteiger partial charge is 0.493 e. The Morgan fingerprint density at radius 3 is 2.65 bits per heavy atom. The van der Waals surface area contributed by atoms with Crippen molar-refractivity contribution in [2.24, 2.45) is 7.05 Å². The van der Waals surface area contributed by atoms with Crippen molar-refractivity contribution in [3.8, 4) is 17.1 Å². The molecule has 1 aromatic heterocycles. The molecule has 1 fully saturated rings. The number of imidazole rings is 1. The summed E-state index contributed by atoms with van der Waals surface area (Å²) < 4.78 is 21.2. The fourth-order valence-electron chi connectivity index (χ4n) is 2.82. The first-order valence-electron chi connectivity index (χ1n) is 7.87. The van der Waals surface area contributed by atoms with Crippen molar-refractivity contribution < 1.29 is 9.30 Å². The van der Waals surface area contributed by atoms with E-state index in [1.807, 2.05) is 25.1 Å². The van der Waals surface area contributed by atoms with Crippen LogP contribution in [0.4, 0.5) is 0 Å². The molecule has 1 aliphatic carbocycles. The van der Waals surface area contributed by atoms with Crippen molar-refractivity contribution in [1.29, 1.82) is 0 Å². The highest BCUT2D eigenvalue weighted by atomic mass is 79.9. The summed E-state index contributed by atoms with van der Waals surface area (Å²) in [5, 5.41) is 0.834. The Bertz CT molecular complexity index is 790. The van der Waals surface area contributed by atoms with Crippen LogP contribution in [-0.4, -0.2) is 29.5 Å². The first-order valence-corrected chi connectivity index (χ1v) is 11.3. The Balaban J connectivity index is 2.12. The van der Waals surface area contributed by atoms with Gasteiger partial charge in [-0.1, -0.05) is 6.07 Å². The third-order valence-electron chi connectivity index (χ3n) is 4.19. The molecule has 0 atom stereocenters. The first-order chi connectivity index (χ1) is 10.8. The van der Waals surface area contributed by atoms with E-state index in [0.29, 0.717) is 12.5 Å². The lowest BCUT2D eigenvalue weighted by molar-refractivity contribution is 0.341. The summed E-state index contributed by atoms with van der Waals surface area (Å²) >= 11 is 3.60. The molecule has 6 heteroatoms. The van der Waals surface area contributed by atoms with Gasteiger partial charge in [-0.15, -0.1) is 0 Å². The van der Waals surface area contributed by atoms with Crippen molar-refractivity contribution in [3.63, 3.8) is 0 Å². The van der Waals surface area contributed by atoms with E-state index in [1.54, 1.807) is 13.3 Å². The van der Waals surface area contributed by atoms with Crippen LogP contribution in [0.1, 0.15) is 31.4 Å². The van der Waals surface area contributed by atoms with Crippen molar-refractivity contribution in [3.05, 3.63) is 28.5 Å². The maximum atomic E-state index is 12.4. The zero-order chi connectivity index (χ0) is 16.8. The molecule has 1 aliphatic rings. The fourth-order valence-corrected chi connectivity index (χ4v) is 4.44. The van der Waals surface area contributed by atoms with Crippen LogP contribution in [0.2, 0.25) is 0 Å². The number of hydrogen-bond donors (Lipinski definition) is 0. The van der Waals surface area contributed by atoms with E-state index < -0.39 is 7.14 Å². The maximum Gasteiger partial charge on any atom is 0.145 e. The molecule has 0 radical (unpaired) electrons. The van der Waals surface area contributed by atoms with Crippen molar-refractivity contribution in [2.45, 2.75) is 25.7 Å². The SMILES string of the molecule is CCOc1cc(P(C)(C)=O)ccc1-c1nc(Br)c(C2CC2)n1C. The lowest BCUT2D eigenvalue weighted by Gasteiger charge is -2.14. The van der Waals surface area contributed by atoms with E-state index in [9.17, 15) is 4.57 Å². The van der Waals surface area contributed by atoms with Gasteiger partial charge >= 0.3 is 0 Å². The van der Waals surface area contributed by atoms with Crippen LogP contribution in [0, 0.1) is 0 Å². The van der Waals surface area contributed by atoms with Crippen LogP contribution in [-0.2, 0) is 11.6 Å². The molecule has 0 N–H and O–H groups in total. The van der Waals surface area contributed by atoms with Crippen molar-refractivity contribution >= 4 is 28.4 Å². The molecular formula is C17H22BrN2O2P. The summed E-state index contributed by atoms with van der Waals surface area (Å²) in [4.78, 5) is 4.71. The quantitative estimate of drug-likeness (QED) is 0.704. The molecule has 0 unspecified atom stereocenters. The number of ether oxygens (including phenoxy) is 1. The highest BCUT2D eigenvalue weighted by molar-refractivity contribution is 9.10. The summed E-state index contributed by atoms with van der Waals surface area (Å²) in [6.45, 7) is 6.08. The summed E-state index contributed by atoms with van der Waals surface area (Å²) in [5.74, 6) is 2.24. The van der Waals surface area contributed by atoms with Gasteiger partial charge < -0.3 is 13.9 Å². The van der Waals surface area contributed by atoms with Gasteiger partial charge in [0.2, 0.25) is 0 Å². The number of rotatable bonds is 5. The molecule has 124 valence electrons. The average molecular weight is 397 g/mol. The second-order valence-electron chi connectivity index (χ2n) is 6.41. The van der Waals surface area contributed by atoms with Gasteiger partial charge in [0.15, 0.2) is 0 Å². The normalized spacial score (nSPS) is 15.0. The van der Waals surface area contributed by atoms with Crippen molar-refractivity contribution in [1.82, 2.24) is 9.55 Å². The summed E-state index contributed by atoms with van der Waals surface area (Å²) in [7, 11) is -0.268. The van der Waals surface area contributed by atoms with Crippen molar-refractivity contribution in [2.75, 3.05) is 19.9 Å². The zero-order valence-corrected chi connectivity index (χ0v) is 16.4. The molecule has 23 heavy (non-hydrogen) atoms. The van der Waals surface area contributed by atoms with E-state index in [0.717, 1.165) is 27.0 Å². The predicted molar refractivity (Wildman–Crippen MR) is 98.6 cm³/mol. The first kappa shape index (κ1) is 16.8. The number of halogens is 1. The van der Waals surface area contributed by atoms with Crippen LogP contribution >= 0.6 is 23.1 Å². The van der Waals surface area contributed by atoms with Crippen LogP contribution in [0.3, 0.4) is 0 Å². The number of aromatic nitrogens is 2. The van der Waals surface area contributed by atoms with E-state index in [-0.39, 0.29) is 0 Å². The molecule has 1 heterocycles. The highest BCUT2D eigenvalue weighted by Crippen LogP contribution is 2.45. The third kappa shape index (κ3) is 3.27. The van der Waals surface area contributed by atoms with Crippen LogP contribution in [0.15, 0.2) is 22.8 Å². The lowest BCUT2D eigenvalue weighted by atomic mass is 10.2. The molecule has 3 rings (SSSR count). The molecule has 1 aromatic carbocycles.